The molecule has 0 bridgehead atoms. The van der Waals surface area contributed by atoms with Crippen LogP contribution >= 0.6 is 11.6 Å². The highest BCUT2D eigenvalue weighted by atomic mass is 35.5. The fourth-order valence-corrected chi connectivity index (χ4v) is 2.49. The van der Waals surface area contributed by atoms with E-state index in [0.29, 0.717) is 18.0 Å². The molecule has 0 amide bonds. The maximum atomic E-state index is 5.97. The van der Waals surface area contributed by atoms with Crippen molar-refractivity contribution >= 4 is 11.6 Å². The number of halogens is 1. The summed E-state index contributed by atoms with van der Waals surface area (Å²) in [4.78, 5) is 2.44. The summed E-state index contributed by atoms with van der Waals surface area (Å²) in [7, 11) is 2.21. The third kappa shape index (κ3) is 5.98. The normalized spacial score (nSPS) is 16.8. The topological polar surface area (TPSA) is 15.3 Å². The molecule has 3 unspecified atom stereocenters. The molecule has 0 aliphatic carbocycles. The Morgan fingerprint density at radius 3 is 2.10 bits per heavy atom. The maximum Gasteiger partial charge on any atom is 0.0406 e. The number of hydrogen-bond donors (Lipinski definition) is 1. The minimum atomic E-state index is 0.175. The number of rotatable bonds is 6. The van der Waals surface area contributed by atoms with E-state index < -0.39 is 0 Å². The first-order valence-corrected chi connectivity index (χ1v) is 8.22. The quantitative estimate of drug-likeness (QED) is 0.816. The number of hydrogen-bond acceptors (Lipinski definition) is 2. The van der Waals surface area contributed by atoms with E-state index in [1.807, 2.05) is 12.1 Å². The molecule has 21 heavy (non-hydrogen) atoms. The summed E-state index contributed by atoms with van der Waals surface area (Å²) in [6, 6.07) is 9.06. The summed E-state index contributed by atoms with van der Waals surface area (Å²) in [5.74, 6) is 0.587. The molecule has 3 atom stereocenters. The zero-order valence-corrected chi connectivity index (χ0v) is 15.3. The van der Waals surface area contributed by atoms with Gasteiger partial charge in [-0.25, -0.2) is 0 Å². The van der Waals surface area contributed by atoms with Gasteiger partial charge in [-0.05, 0) is 71.8 Å². The lowest BCUT2D eigenvalue weighted by atomic mass is 9.97. The van der Waals surface area contributed by atoms with Crippen molar-refractivity contribution in [1.82, 2.24) is 10.2 Å². The van der Waals surface area contributed by atoms with Crippen LogP contribution in [0.4, 0.5) is 0 Å². The lowest BCUT2D eigenvalue weighted by molar-refractivity contribution is 0.145. The lowest BCUT2D eigenvalue weighted by Gasteiger charge is -2.36. The van der Waals surface area contributed by atoms with Crippen molar-refractivity contribution in [3.8, 4) is 0 Å². The second kappa shape index (κ2) is 7.62. The van der Waals surface area contributed by atoms with Crippen molar-refractivity contribution in [2.75, 3.05) is 13.6 Å². The first-order valence-electron chi connectivity index (χ1n) is 7.84. The third-order valence-electron chi connectivity index (χ3n) is 4.38. The molecule has 0 radical (unpaired) electrons. The zero-order valence-electron chi connectivity index (χ0n) is 14.6. The van der Waals surface area contributed by atoms with Crippen molar-refractivity contribution in [3.05, 3.63) is 34.9 Å². The van der Waals surface area contributed by atoms with Crippen LogP contribution in [0.15, 0.2) is 24.3 Å². The molecule has 0 heterocycles. The second-order valence-corrected chi connectivity index (χ2v) is 7.68. The van der Waals surface area contributed by atoms with Gasteiger partial charge in [-0.3, -0.25) is 4.90 Å². The minimum absolute atomic E-state index is 0.175. The van der Waals surface area contributed by atoms with Crippen LogP contribution in [0.1, 0.15) is 53.1 Å². The van der Waals surface area contributed by atoms with Crippen molar-refractivity contribution in [2.24, 2.45) is 5.92 Å². The molecule has 0 aliphatic heterocycles. The van der Waals surface area contributed by atoms with Gasteiger partial charge in [0, 0.05) is 22.6 Å². The molecule has 2 nitrogen and oxygen atoms in total. The van der Waals surface area contributed by atoms with Gasteiger partial charge in [-0.15, -0.1) is 0 Å². The predicted molar refractivity (Wildman–Crippen MR) is 94.0 cm³/mol. The highest BCUT2D eigenvalue weighted by molar-refractivity contribution is 6.30. The van der Waals surface area contributed by atoms with E-state index in [1.54, 1.807) is 0 Å². The van der Waals surface area contributed by atoms with E-state index in [1.165, 1.54) is 5.56 Å². The standard InChI is InChI=1S/C18H31ClN2/c1-13(12-20-18(4,5)6)14(2)21(7)15(3)16-8-10-17(19)11-9-16/h8-11,13-15,20H,12H2,1-7H3. The largest absolute Gasteiger partial charge is 0.312 e. The lowest BCUT2D eigenvalue weighted by Crippen LogP contribution is -2.44. The smallest absolute Gasteiger partial charge is 0.0406 e. The van der Waals surface area contributed by atoms with Gasteiger partial charge in [-0.1, -0.05) is 30.7 Å². The SMILES string of the molecule is CC(CNC(C)(C)C)C(C)N(C)C(C)c1ccc(Cl)cc1. The molecule has 0 spiro atoms. The van der Waals surface area contributed by atoms with Gasteiger partial charge < -0.3 is 5.32 Å². The van der Waals surface area contributed by atoms with E-state index in [0.717, 1.165) is 11.6 Å². The van der Waals surface area contributed by atoms with Crippen LogP contribution in [0.25, 0.3) is 0 Å². The summed E-state index contributed by atoms with van der Waals surface area (Å²) in [6.07, 6.45) is 0. The number of nitrogens with one attached hydrogen (secondary N) is 1. The molecule has 0 aromatic heterocycles. The highest BCUT2D eigenvalue weighted by Crippen LogP contribution is 2.24. The van der Waals surface area contributed by atoms with Crippen LogP contribution in [0.5, 0.6) is 0 Å². The average molecular weight is 311 g/mol. The average Bonchev–Trinajstić information content (AvgIpc) is 2.42. The Hall–Kier alpha value is -0.570. The highest BCUT2D eigenvalue weighted by Gasteiger charge is 2.23. The maximum absolute atomic E-state index is 5.97. The van der Waals surface area contributed by atoms with Crippen LogP contribution in [0, 0.1) is 5.92 Å². The Morgan fingerprint density at radius 2 is 1.62 bits per heavy atom. The molecule has 0 fully saturated rings. The van der Waals surface area contributed by atoms with E-state index in [2.05, 4.69) is 70.9 Å². The monoisotopic (exact) mass is 310 g/mol. The van der Waals surface area contributed by atoms with Gasteiger partial charge >= 0.3 is 0 Å². The molecular formula is C18H31ClN2. The van der Waals surface area contributed by atoms with Gasteiger partial charge in [0.1, 0.15) is 0 Å². The molecule has 1 aromatic rings. The zero-order chi connectivity index (χ0) is 16.2. The first kappa shape index (κ1) is 18.5. The summed E-state index contributed by atoms with van der Waals surface area (Å²) in [5.41, 5.74) is 1.48. The van der Waals surface area contributed by atoms with Crippen LogP contribution < -0.4 is 5.32 Å². The molecular weight excluding hydrogens is 280 g/mol. The third-order valence-corrected chi connectivity index (χ3v) is 4.64. The van der Waals surface area contributed by atoms with Gasteiger partial charge in [0.05, 0.1) is 0 Å². The fraction of sp³-hybridized carbons (Fsp3) is 0.667. The van der Waals surface area contributed by atoms with E-state index in [9.17, 15) is 0 Å². The van der Waals surface area contributed by atoms with Crippen molar-refractivity contribution in [2.45, 2.75) is 59.2 Å². The van der Waals surface area contributed by atoms with Gasteiger partial charge in [0.2, 0.25) is 0 Å². The van der Waals surface area contributed by atoms with E-state index in [4.69, 9.17) is 11.6 Å². The molecule has 0 saturated carbocycles. The number of benzene rings is 1. The van der Waals surface area contributed by atoms with Crippen LogP contribution in [-0.4, -0.2) is 30.1 Å². The van der Waals surface area contributed by atoms with Crippen LogP contribution in [0.3, 0.4) is 0 Å². The second-order valence-electron chi connectivity index (χ2n) is 7.24. The molecule has 120 valence electrons. The number of nitrogens with zero attached hydrogens (tertiary/aromatic N) is 1. The van der Waals surface area contributed by atoms with Crippen molar-refractivity contribution < 1.29 is 0 Å². The fourth-order valence-electron chi connectivity index (χ4n) is 2.37. The first-order chi connectivity index (χ1) is 9.61. The Morgan fingerprint density at radius 1 is 1.10 bits per heavy atom. The van der Waals surface area contributed by atoms with E-state index >= 15 is 0 Å². The van der Waals surface area contributed by atoms with Crippen LogP contribution in [-0.2, 0) is 0 Å². The Balaban J connectivity index is 2.63. The summed E-state index contributed by atoms with van der Waals surface area (Å²) < 4.78 is 0. The summed E-state index contributed by atoms with van der Waals surface area (Å²) in [5, 5.41) is 4.40. The molecule has 0 saturated heterocycles. The molecule has 1 rings (SSSR count). The molecule has 0 aliphatic rings. The van der Waals surface area contributed by atoms with Gasteiger partial charge in [-0.2, -0.15) is 0 Å². The predicted octanol–water partition coefficient (Wildman–Crippen LogP) is 4.75. The Bertz CT molecular complexity index is 422. The van der Waals surface area contributed by atoms with Gasteiger partial charge in [0.25, 0.3) is 0 Å². The Kier molecular flexibility index (Phi) is 6.71. The minimum Gasteiger partial charge on any atom is -0.312 e. The Labute approximate surface area is 135 Å². The van der Waals surface area contributed by atoms with Crippen molar-refractivity contribution in [3.63, 3.8) is 0 Å². The molecule has 1 N–H and O–H groups in total. The summed E-state index contributed by atoms with van der Waals surface area (Å²) >= 11 is 5.97. The van der Waals surface area contributed by atoms with Crippen molar-refractivity contribution in [1.29, 1.82) is 0 Å². The molecule has 3 heteroatoms. The van der Waals surface area contributed by atoms with Crippen LogP contribution in [0.2, 0.25) is 5.02 Å². The molecule has 1 aromatic carbocycles. The summed E-state index contributed by atoms with van der Waals surface area (Å²) in [6.45, 7) is 14.5. The van der Waals surface area contributed by atoms with Gasteiger partial charge in [0.15, 0.2) is 0 Å². The van der Waals surface area contributed by atoms with E-state index in [-0.39, 0.29) is 5.54 Å².